The van der Waals surface area contributed by atoms with Gasteiger partial charge in [0.25, 0.3) is 5.91 Å². The first-order valence-corrected chi connectivity index (χ1v) is 6.10. The van der Waals surface area contributed by atoms with E-state index in [0.717, 1.165) is 24.1 Å². The fourth-order valence-corrected chi connectivity index (χ4v) is 2.02. The first-order chi connectivity index (χ1) is 7.66. The molecule has 2 rings (SSSR count). The first-order valence-electron chi connectivity index (χ1n) is 5.31. The third-order valence-corrected chi connectivity index (χ3v) is 3.07. The van der Waals surface area contributed by atoms with Crippen LogP contribution in [-0.4, -0.2) is 41.5 Å². The molecule has 1 aliphatic rings. The number of pyridine rings is 1. The van der Waals surface area contributed by atoms with Gasteiger partial charge in [0, 0.05) is 36.3 Å². The topological polar surface area (TPSA) is 45.2 Å². The maximum Gasteiger partial charge on any atom is 0.272 e. The van der Waals surface area contributed by atoms with Crippen LogP contribution in [0.4, 0.5) is 0 Å². The highest BCUT2D eigenvalue weighted by Crippen LogP contribution is 2.10. The standard InChI is InChI=1S/C11H14BrN3O/c1-8-7-15(5-4-13-8)11(16)10-3-2-9(12)6-14-10/h2-3,6,8,13H,4-5,7H2,1H3/t8-/m1/s1. The summed E-state index contributed by atoms with van der Waals surface area (Å²) in [5.41, 5.74) is 0.511. The smallest absolute Gasteiger partial charge is 0.272 e. The van der Waals surface area contributed by atoms with Gasteiger partial charge in [-0.2, -0.15) is 0 Å². The molecule has 4 nitrogen and oxygen atoms in total. The number of nitrogens with one attached hydrogen (secondary N) is 1. The quantitative estimate of drug-likeness (QED) is 0.845. The predicted molar refractivity (Wildman–Crippen MR) is 65.3 cm³/mol. The molecule has 0 spiro atoms. The van der Waals surface area contributed by atoms with E-state index in [0.29, 0.717) is 11.7 Å². The van der Waals surface area contributed by atoms with E-state index in [4.69, 9.17) is 0 Å². The number of nitrogens with zero attached hydrogens (tertiary/aromatic N) is 2. The van der Waals surface area contributed by atoms with E-state index in [-0.39, 0.29) is 5.91 Å². The fourth-order valence-electron chi connectivity index (χ4n) is 1.78. The second kappa shape index (κ2) is 4.93. The molecule has 1 fully saturated rings. The van der Waals surface area contributed by atoms with E-state index >= 15 is 0 Å². The highest BCUT2D eigenvalue weighted by Gasteiger charge is 2.22. The highest BCUT2D eigenvalue weighted by molar-refractivity contribution is 9.10. The molecular formula is C11H14BrN3O. The van der Waals surface area contributed by atoms with Gasteiger partial charge in [0.05, 0.1) is 0 Å². The molecule has 16 heavy (non-hydrogen) atoms. The number of carbonyl (C=O) groups excluding carboxylic acids is 1. The van der Waals surface area contributed by atoms with Crippen molar-refractivity contribution < 1.29 is 4.79 Å². The fraction of sp³-hybridized carbons (Fsp3) is 0.455. The van der Waals surface area contributed by atoms with Crippen LogP contribution in [0.5, 0.6) is 0 Å². The van der Waals surface area contributed by atoms with Gasteiger partial charge < -0.3 is 10.2 Å². The lowest BCUT2D eigenvalue weighted by Crippen LogP contribution is -2.51. The van der Waals surface area contributed by atoms with Crippen LogP contribution < -0.4 is 5.32 Å². The van der Waals surface area contributed by atoms with Crippen molar-refractivity contribution in [3.05, 3.63) is 28.5 Å². The molecule has 0 bridgehead atoms. The number of piperazine rings is 1. The average Bonchev–Trinajstić information content (AvgIpc) is 2.29. The SMILES string of the molecule is C[C@@H]1CN(C(=O)c2ccc(Br)cn2)CCN1. The Bertz CT molecular complexity index is 379. The molecule has 0 radical (unpaired) electrons. The lowest BCUT2D eigenvalue weighted by atomic mass is 10.2. The van der Waals surface area contributed by atoms with Gasteiger partial charge >= 0.3 is 0 Å². The lowest BCUT2D eigenvalue weighted by Gasteiger charge is -2.31. The molecule has 1 amide bonds. The summed E-state index contributed by atoms with van der Waals surface area (Å²) in [6.07, 6.45) is 1.65. The summed E-state index contributed by atoms with van der Waals surface area (Å²) < 4.78 is 0.887. The van der Waals surface area contributed by atoms with Crippen molar-refractivity contribution in [2.75, 3.05) is 19.6 Å². The summed E-state index contributed by atoms with van der Waals surface area (Å²) in [6, 6.07) is 3.94. The Labute approximate surface area is 103 Å². The van der Waals surface area contributed by atoms with Gasteiger partial charge in [0.15, 0.2) is 0 Å². The van der Waals surface area contributed by atoms with Crippen molar-refractivity contribution >= 4 is 21.8 Å². The van der Waals surface area contributed by atoms with Gasteiger partial charge in [0.2, 0.25) is 0 Å². The van der Waals surface area contributed by atoms with Crippen LogP contribution in [0.3, 0.4) is 0 Å². The van der Waals surface area contributed by atoms with Gasteiger partial charge in [-0.15, -0.1) is 0 Å². The van der Waals surface area contributed by atoms with Gasteiger partial charge in [0.1, 0.15) is 5.69 Å². The van der Waals surface area contributed by atoms with Gasteiger partial charge in [-0.25, -0.2) is 4.98 Å². The zero-order chi connectivity index (χ0) is 11.5. The molecule has 0 unspecified atom stereocenters. The van der Waals surface area contributed by atoms with Crippen molar-refractivity contribution in [2.24, 2.45) is 0 Å². The van der Waals surface area contributed by atoms with Crippen LogP contribution in [0.2, 0.25) is 0 Å². The summed E-state index contributed by atoms with van der Waals surface area (Å²) in [6.45, 7) is 4.43. The predicted octanol–water partition coefficient (Wildman–Crippen LogP) is 1.28. The molecule has 2 heterocycles. The Kier molecular flexibility index (Phi) is 3.56. The van der Waals surface area contributed by atoms with E-state index in [1.165, 1.54) is 0 Å². The molecule has 0 aromatic carbocycles. The zero-order valence-electron chi connectivity index (χ0n) is 9.11. The van der Waals surface area contributed by atoms with Crippen LogP contribution in [0.25, 0.3) is 0 Å². The first kappa shape index (κ1) is 11.5. The summed E-state index contributed by atoms with van der Waals surface area (Å²) in [5, 5.41) is 3.31. The number of aromatic nitrogens is 1. The largest absolute Gasteiger partial charge is 0.334 e. The van der Waals surface area contributed by atoms with Crippen molar-refractivity contribution in [3.63, 3.8) is 0 Å². The maximum absolute atomic E-state index is 12.1. The van der Waals surface area contributed by atoms with Crippen molar-refractivity contribution in [3.8, 4) is 0 Å². The summed E-state index contributed by atoms with van der Waals surface area (Å²) in [4.78, 5) is 18.0. The zero-order valence-corrected chi connectivity index (χ0v) is 10.7. The number of hydrogen-bond acceptors (Lipinski definition) is 3. The number of hydrogen-bond donors (Lipinski definition) is 1. The van der Waals surface area contributed by atoms with Crippen LogP contribution in [0, 0.1) is 0 Å². The highest BCUT2D eigenvalue weighted by atomic mass is 79.9. The number of amides is 1. The molecule has 1 saturated heterocycles. The van der Waals surface area contributed by atoms with Gasteiger partial charge in [-0.1, -0.05) is 0 Å². The molecule has 1 aromatic rings. The second-order valence-corrected chi connectivity index (χ2v) is 4.88. The van der Waals surface area contributed by atoms with Crippen LogP contribution in [-0.2, 0) is 0 Å². The van der Waals surface area contributed by atoms with E-state index in [1.807, 2.05) is 11.0 Å². The van der Waals surface area contributed by atoms with Crippen molar-refractivity contribution in [1.29, 1.82) is 0 Å². The molecule has 1 N–H and O–H groups in total. The summed E-state index contributed by atoms with van der Waals surface area (Å²) in [7, 11) is 0. The monoisotopic (exact) mass is 283 g/mol. The van der Waals surface area contributed by atoms with E-state index in [1.54, 1.807) is 12.3 Å². The lowest BCUT2D eigenvalue weighted by molar-refractivity contribution is 0.0703. The Morgan fingerprint density at radius 1 is 1.62 bits per heavy atom. The molecule has 0 saturated carbocycles. The Balaban J connectivity index is 2.09. The molecule has 1 atom stereocenters. The summed E-state index contributed by atoms with van der Waals surface area (Å²) >= 11 is 3.30. The Hall–Kier alpha value is -0.940. The molecule has 0 aliphatic carbocycles. The molecular weight excluding hydrogens is 270 g/mol. The van der Waals surface area contributed by atoms with Crippen LogP contribution in [0.15, 0.2) is 22.8 Å². The van der Waals surface area contributed by atoms with E-state index in [9.17, 15) is 4.79 Å². The molecule has 1 aromatic heterocycles. The minimum Gasteiger partial charge on any atom is -0.334 e. The van der Waals surface area contributed by atoms with E-state index < -0.39 is 0 Å². The third-order valence-electron chi connectivity index (χ3n) is 2.60. The third kappa shape index (κ3) is 2.59. The van der Waals surface area contributed by atoms with Crippen LogP contribution >= 0.6 is 15.9 Å². The molecule has 86 valence electrons. The molecule has 5 heteroatoms. The average molecular weight is 284 g/mol. The van der Waals surface area contributed by atoms with E-state index in [2.05, 4.69) is 33.2 Å². The maximum atomic E-state index is 12.1. The minimum absolute atomic E-state index is 0.0147. The number of halogens is 1. The van der Waals surface area contributed by atoms with Gasteiger partial charge in [-0.05, 0) is 35.0 Å². The normalized spacial score (nSPS) is 20.9. The number of carbonyl (C=O) groups is 1. The Morgan fingerprint density at radius 3 is 3.06 bits per heavy atom. The number of rotatable bonds is 1. The van der Waals surface area contributed by atoms with Crippen molar-refractivity contribution in [1.82, 2.24) is 15.2 Å². The van der Waals surface area contributed by atoms with Gasteiger partial charge in [-0.3, -0.25) is 4.79 Å². The summed E-state index contributed by atoms with van der Waals surface area (Å²) in [5.74, 6) is 0.0147. The Morgan fingerprint density at radius 2 is 2.44 bits per heavy atom. The van der Waals surface area contributed by atoms with Crippen molar-refractivity contribution in [2.45, 2.75) is 13.0 Å². The minimum atomic E-state index is 0.0147. The second-order valence-electron chi connectivity index (χ2n) is 3.97. The van der Waals surface area contributed by atoms with Crippen LogP contribution in [0.1, 0.15) is 17.4 Å². The molecule has 1 aliphatic heterocycles.